The molecule has 4 fully saturated rings. The molecule has 1 amide bonds. The molecule has 5 unspecified atom stereocenters. The second-order valence-corrected chi connectivity index (χ2v) is 11.3. The number of hydrogen-bond donors (Lipinski definition) is 0. The van der Waals surface area contributed by atoms with Crippen LogP contribution >= 0.6 is 0 Å². The predicted molar refractivity (Wildman–Crippen MR) is 131 cm³/mol. The Labute approximate surface area is 206 Å². The highest BCUT2D eigenvalue weighted by Crippen LogP contribution is 2.75. The van der Waals surface area contributed by atoms with Gasteiger partial charge in [0.1, 0.15) is 18.2 Å². The normalized spacial score (nSPS) is 36.5. The molecule has 4 bridgehead atoms. The molecule has 2 aromatic carbocycles. The number of amides is 1. The maximum atomic E-state index is 13.6. The number of carbonyl (C=O) groups is 1. The van der Waals surface area contributed by atoms with E-state index in [-0.39, 0.29) is 29.6 Å². The number of methoxy groups -OCH3 is 1. The van der Waals surface area contributed by atoms with E-state index < -0.39 is 0 Å². The maximum absolute atomic E-state index is 13.6. The summed E-state index contributed by atoms with van der Waals surface area (Å²) in [5.74, 6) is 2.39. The molecule has 0 spiro atoms. The van der Waals surface area contributed by atoms with Crippen molar-refractivity contribution in [1.82, 2.24) is 9.80 Å². The molecule has 35 heavy (non-hydrogen) atoms. The first-order chi connectivity index (χ1) is 17.1. The first-order valence-electron chi connectivity index (χ1n) is 13.1. The lowest BCUT2D eigenvalue weighted by atomic mass is 9.43. The molecule has 2 saturated carbocycles. The minimum absolute atomic E-state index is 0.0158. The van der Waals surface area contributed by atoms with Crippen molar-refractivity contribution in [3.63, 3.8) is 0 Å². The fourth-order valence-electron chi connectivity index (χ4n) is 9.45. The molecule has 184 valence electrons. The molecule has 6 heteroatoms. The fourth-order valence-corrected chi connectivity index (χ4v) is 9.45. The number of para-hydroxylation sites is 1. The van der Waals surface area contributed by atoms with E-state index in [1.54, 1.807) is 7.11 Å². The lowest BCUT2D eigenvalue weighted by Crippen LogP contribution is -2.70. The number of alkyl halides is 1. The number of benzene rings is 2. The van der Waals surface area contributed by atoms with Crippen molar-refractivity contribution in [2.45, 2.75) is 49.6 Å². The second kappa shape index (κ2) is 7.70. The zero-order valence-corrected chi connectivity index (χ0v) is 20.3. The number of halogens is 1. The Kier molecular flexibility index (Phi) is 4.76. The van der Waals surface area contributed by atoms with Gasteiger partial charge in [-0.2, -0.15) is 0 Å². The van der Waals surface area contributed by atoms with Crippen molar-refractivity contribution in [1.29, 1.82) is 0 Å². The van der Waals surface area contributed by atoms with E-state index in [0.29, 0.717) is 30.2 Å². The third-order valence-electron chi connectivity index (χ3n) is 10.4. The summed E-state index contributed by atoms with van der Waals surface area (Å²) >= 11 is 0. The van der Waals surface area contributed by atoms with Gasteiger partial charge in [0.15, 0.2) is 0 Å². The number of carbonyl (C=O) groups excluding carboxylic acids is 1. The second-order valence-electron chi connectivity index (χ2n) is 11.3. The van der Waals surface area contributed by atoms with Crippen LogP contribution in [0, 0.1) is 17.3 Å². The third-order valence-corrected chi connectivity index (χ3v) is 10.4. The van der Waals surface area contributed by atoms with Crippen molar-refractivity contribution in [2.24, 2.45) is 17.3 Å². The summed E-state index contributed by atoms with van der Waals surface area (Å²) in [7, 11) is 1.74. The van der Waals surface area contributed by atoms with E-state index in [1.807, 2.05) is 35.2 Å². The van der Waals surface area contributed by atoms with E-state index in [9.17, 15) is 9.18 Å². The Morgan fingerprint density at radius 3 is 2.80 bits per heavy atom. The molecule has 0 N–H and O–H groups in total. The molecule has 6 atom stereocenters. The van der Waals surface area contributed by atoms with Crippen LogP contribution in [0.2, 0.25) is 0 Å². The number of likely N-dealkylation sites (tertiary alicyclic amines) is 2. The third kappa shape index (κ3) is 2.75. The van der Waals surface area contributed by atoms with E-state index >= 15 is 0 Å². The standard InChI is InChI=1S/C29H33FN2O3/c1-34-22-8-7-19-15-25-28-10-9-24-26(29(28,23(19)16-22)11-13-31(25)14-12-30)20(17-28)18-32(24)27(33)35-21-5-3-2-4-6-21/h2-8,16,20,24-26H,9-15,17-18H2,1H3/t20-,24?,25?,26?,28?,29?/m1/s1. The number of fused-ring (bicyclic) bond motifs is 1. The predicted octanol–water partition coefficient (Wildman–Crippen LogP) is 4.83. The van der Waals surface area contributed by atoms with Crippen molar-refractivity contribution in [3.05, 3.63) is 59.7 Å². The zero-order valence-electron chi connectivity index (χ0n) is 20.3. The molecule has 2 saturated heterocycles. The number of ether oxygens (including phenoxy) is 2. The van der Waals surface area contributed by atoms with Crippen LogP contribution in [0.4, 0.5) is 9.18 Å². The molecule has 2 aromatic rings. The minimum atomic E-state index is -0.288. The van der Waals surface area contributed by atoms with Gasteiger partial charge in [-0.3, -0.25) is 4.90 Å². The summed E-state index contributed by atoms with van der Waals surface area (Å²) in [6.45, 7) is 1.93. The Balaban J connectivity index is 1.31. The summed E-state index contributed by atoms with van der Waals surface area (Å²) in [6.07, 6.45) is 5.02. The van der Waals surface area contributed by atoms with Gasteiger partial charge in [-0.15, -0.1) is 0 Å². The lowest BCUT2D eigenvalue weighted by Gasteiger charge is -2.66. The van der Waals surface area contributed by atoms with Crippen LogP contribution in [0.15, 0.2) is 48.5 Å². The minimum Gasteiger partial charge on any atom is -0.497 e. The van der Waals surface area contributed by atoms with E-state index in [1.165, 1.54) is 11.1 Å². The molecule has 2 aliphatic heterocycles. The summed E-state index contributed by atoms with van der Waals surface area (Å²) in [6, 6.07) is 16.6. The van der Waals surface area contributed by atoms with Crippen LogP contribution in [0.3, 0.4) is 0 Å². The van der Waals surface area contributed by atoms with Gasteiger partial charge in [0.25, 0.3) is 0 Å². The fraction of sp³-hybridized carbons (Fsp3) is 0.552. The smallest absolute Gasteiger partial charge is 0.415 e. The highest BCUT2D eigenvalue weighted by Gasteiger charge is 2.76. The molecule has 0 aromatic heterocycles. The molecular formula is C29H33FN2O3. The average Bonchev–Trinajstić information content (AvgIpc) is 3.33. The first kappa shape index (κ1) is 21.7. The van der Waals surface area contributed by atoms with Crippen molar-refractivity contribution in [3.8, 4) is 11.5 Å². The summed E-state index contributed by atoms with van der Waals surface area (Å²) in [4.78, 5) is 17.9. The van der Waals surface area contributed by atoms with E-state index in [4.69, 9.17) is 9.47 Å². The number of nitrogens with zero attached hydrogens (tertiary/aromatic N) is 2. The lowest BCUT2D eigenvalue weighted by molar-refractivity contribution is -0.102. The quantitative estimate of drug-likeness (QED) is 0.634. The number of rotatable bonds is 4. The molecule has 0 radical (unpaired) electrons. The van der Waals surface area contributed by atoms with Gasteiger partial charge in [0, 0.05) is 30.6 Å². The summed E-state index contributed by atoms with van der Waals surface area (Å²) < 4.78 is 25.1. The maximum Gasteiger partial charge on any atom is 0.415 e. The van der Waals surface area contributed by atoms with Gasteiger partial charge in [-0.1, -0.05) is 24.3 Å². The van der Waals surface area contributed by atoms with Gasteiger partial charge in [-0.25, -0.2) is 9.18 Å². The van der Waals surface area contributed by atoms with Gasteiger partial charge in [0.2, 0.25) is 0 Å². The molecule has 3 aliphatic carbocycles. The molecule has 5 aliphatic rings. The van der Waals surface area contributed by atoms with Crippen molar-refractivity contribution >= 4 is 6.09 Å². The van der Waals surface area contributed by atoms with Gasteiger partial charge in [0.05, 0.1) is 7.11 Å². The first-order valence-corrected chi connectivity index (χ1v) is 13.1. The highest BCUT2D eigenvalue weighted by atomic mass is 19.1. The average molecular weight is 477 g/mol. The Morgan fingerprint density at radius 2 is 2.00 bits per heavy atom. The summed E-state index contributed by atoms with van der Waals surface area (Å²) in [5.41, 5.74) is 3.01. The van der Waals surface area contributed by atoms with Crippen molar-refractivity contribution in [2.75, 3.05) is 33.4 Å². The highest BCUT2D eigenvalue weighted by molar-refractivity contribution is 5.72. The van der Waals surface area contributed by atoms with Crippen LogP contribution in [0.1, 0.15) is 36.8 Å². The van der Waals surface area contributed by atoms with Crippen LogP contribution in [-0.4, -0.2) is 61.4 Å². The molecule has 5 nitrogen and oxygen atoms in total. The Morgan fingerprint density at radius 1 is 1.14 bits per heavy atom. The topological polar surface area (TPSA) is 42.0 Å². The van der Waals surface area contributed by atoms with Crippen LogP contribution < -0.4 is 9.47 Å². The van der Waals surface area contributed by atoms with Crippen LogP contribution in [0.5, 0.6) is 11.5 Å². The molecule has 7 rings (SSSR count). The number of hydrogen-bond acceptors (Lipinski definition) is 4. The van der Waals surface area contributed by atoms with Gasteiger partial charge < -0.3 is 14.4 Å². The molecular weight excluding hydrogens is 443 g/mol. The van der Waals surface area contributed by atoms with Gasteiger partial charge in [-0.05, 0) is 91.3 Å². The Hall–Kier alpha value is -2.60. The van der Waals surface area contributed by atoms with E-state index in [0.717, 1.165) is 50.9 Å². The molecule has 2 heterocycles. The van der Waals surface area contributed by atoms with Crippen LogP contribution in [-0.2, 0) is 11.8 Å². The zero-order chi connectivity index (χ0) is 23.8. The van der Waals surface area contributed by atoms with Crippen LogP contribution in [0.25, 0.3) is 0 Å². The number of piperidine rings is 1. The van der Waals surface area contributed by atoms with E-state index in [2.05, 4.69) is 23.1 Å². The largest absolute Gasteiger partial charge is 0.497 e. The monoisotopic (exact) mass is 476 g/mol. The summed E-state index contributed by atoms with van der Waals surface area (Å²) in [5, 5.41) is 0. The SMILES string of the molecule is COc1ccc2c(c1)C13CCN(CCF)C(C2)C12CCC1C3[C@@H](CN1C(=O)Oc1ccccc1)C2. The van der Waals surface area contributed by atoms with Gasteiger partial charge >= 0.3 is 6.09 Å². The van der Waals surface area contributed by atoms with Crippen molar-refractivity contribution < 1.29 is 18.7 Å². The Bertz CT molecular complexity index is 1160.